The van der Waals surface area contributed by atoms with Crippen LogP contribution in [0.1, 0.15) is 38.3 Å². The smallest absolute Gasteiger partial charge is 0.329 e. The minimum Gasteiger partial charge on any atom is -0.482 e. The van der Waals surface area contributed by atoms with Crippen LogP contribution in [-0.2, 0) is 20.8 Å². The number of nitrogens with one attached hydrogen (secondary N) is 3. The molecule has 0 unspecified atom stereocenters. The van der Waals surface area contributed by atoms with Crippen molar-refractivity contribution in [2.45, 2.75) is 39.7 Å². The number of ether oxygens (including phenoxy) is 1. The Hall–Kier alpha value is -3.39. The van der Waals surface area contributed by atoms with Gasteiger partial charge in [-0.3, -0.25) is 14.4 Å². The number of rotatable bonds is 9. The molecule has 0 aliphatic rings. The third kappa shape index (κ3) is 8.03. The number of aryl methyl sites for hydroxylation is 1. The SMILES string of the molecule is CCc1ccc(NC(=O)COc2ccc(/C=N\NC(=O)C(=O)N[C@@H](C)CC)cc2Cl)cc1. The molecule has 0 aromatic heterocycles. The van der Waals surface area contributed by atoms with Crippen molar-refractivity contribution in [2.24, 2.45) is 5.10 Å². The Morgan fingerprint density at radius 1 is 1.09 bits per heavy atom. The van der Waals surface area contributed by atoms with Crippen molar-refractivity contribution < 1.29 is 19.1 Å². The zero-order chi connectivity index (χ0) is 23.5. The number of amides is 3. The number of anilines is 1. The van der Waals surface area contributed by atoms with E-state index in [2.05, 4.69) is 28.1 Å². The molecule has 2 aromatic rings. The third-order valence-electron chi connectivity index (χ3n) is 4.54. The number of hydrogen-bond donors (Lipinski definition) is 3. The molecule has 2 aromatic carbocycles. The molecule has 3 amide bonds. The summed E-state index contributed by atoms with van der Waals surface area (Å²) in [7, 11) is 0. The molecule has 0 aliphatic heterocycles. The van der Waals surface area contributed by atoms with Gasteiger partial charge in [0.15, 0.2) is 6.61 Å². The van der Waals surface area contributed by atoms with Gasteiger partial charge in [0.1, 0.15) is 5.75 Å². The Balaban J connectivity index is 1.84. The predicted molar refractivity (Wildman–Crippen MR) is 125 cm³/mol. The van der Waals surface area contributed by atoms with Gasteiger partial charge in [-0.1, -0.05) is 37.6 Å². The normalized spacial score (nSPS) is 11.6. The summed E-state index contributed by atoms with van der Waals surface area (Å²) in [5.74, 6) is -1.59. The molecular weight excluding hydrogens is 432 g/mol. The number of benzene rings is 2. The summed E-state index contributed by atoms with van der Waals surface area (Å²) in [6.45, 7) is 5.55. The van der Waals surface area contributed by atoms with Gasteiger partial charge in [0.2, 0.25) is 0 Å². The van der Waals surface area contributed by atoms with Crippen LogP contribution < -0.4 is 20.8 Å². The van der Waals surface area contributed by atoms with Crippen molar-refractivity contribution in [3.8, 4) is 5.75 Å². The van der Waals surface area contributed by atoms with E-state index in [-0.39, 0.29) is 23.6 Å². The van der Waals surface area contributed by atoms with Gasteiger partial charge in [-0.15, -0.1) is 0 Å². The summed E-state index contributed by atoms with van der Waals surface area (Å²) in [6.07, 6.45) is 2.98. The third-order valence-corrected chi connectivity index (χ3v) is 4.83. The minimum atomic E-state index is -0.858. The summed E-state index contributed by atoms with van der Waals surface area (Å²) in [5.41, 5.74) is 4.60. The zero-order valence-electron chi connectivity index (χ0n) is 18.3. The topological polar surface area (TPSA) is 109 Å². The van der Waals surface area contributed by atoms with Gasteiger partial charge in [-0.05, 0) is 61.2 Å². The molecule has 0 fully saturated rings. The molecule has 0 saturated heterocycles. The molecule has 9 heteroatoms. The number of hydrogen-bond acceptors (Lipinski definition) is 5. The van der Waals surface area contributed by atoms with E-state index >= 15 is 0 Å². The largest absolute Gasteiger partial charge is 0.482 e. The number of hydrazone groups is 1. The van der Waals surface area contributed by atoms with Crippen molar-refractivity contribution in [1.29, 1.82) is 0 Å². The highest BCUT2D eigenvalue weighted by Crippen LogP contribution is 2.25. The van der Waals surface area contributed by atoms with Crippen molar-refractivity contribution in [3.05, 3.63) is 58.6 Å². The molecule has 0 aliphatic carbocycles. The van der Waals surface area contributed by atoms with Gasteiger partial charge in [-0.2, -0.15) is 5.10 Å². The molecule has 1 atom stereocenters. The molecular formula is C23H27ClN4O4. The second-order valence-corrected chi connectivity index (χ2v) is 7.47. The summed E-state index contributed by atoms with van der Waals surface area (Å²) in [4.78, 5) is 35.4. The number of carbonyl (C=O) groups is 3. The van der Waals surface area contributed by atoms with Gasteiger partial charge >= 0.3 is 11.8 Å². The molecule has 170 valence electrons. The predicted octanol–water partition coefficient (Wildman–Crippen LogP) is 3.28. The van der Waals surface area contributed by atoms with Crippen LogP contribution in [0, 0.1) is 0 Å². The molecule has 3 N–H and O–H groups in total. The Morgan fingerprint density at radius 2 is 1.81 bits per heavy atom. The monoisotopic (exact) mass is 458 g/mol. The summed E-state index contributed by atoms with van der Waals surface area (Å²) < 4.78 is 5.48. The maximum Gasteiger partial charge on any atom is 0.329 e. The van der Waals surface area contributed by atoms with Crippen molar-refractivity contribution >= 4 is 41.2 Å². The molecule has 0 spiro atoms. The highest BCUT2D eigenvalue weighted by atomic mass is 35.5. The van der Waals surface area contributed by atoms with E-state index in [1.54, 1.807) is 25.1 Å². The maximum absolute atomic E-state index is 12.1. The fourth-order valence-corrected chi connectivity index (χ4v) is 2.73. The lowest BCUT2D eigenvalue weighted by Gasteiger charge is -2.10. The van der Waals surface area contributed by atoms with E-state index in [9.17, 15) is 14.4 Å². The van der Waals surface area contributed by atoms with Crippen LogP contribution in [0.25, 0.3) is 0 Å². The fraction of sp³-hybridized carbons (Fsp3) is 0.304. The van der Waals surface area contributed by atoms with Crippen LogP contribution >= 0.6 is 11.6 Å². The van der Waals surface area contributed by atoms with E-state index in [4.69, 9.17) is 16.3 Å². The van der Waals surface area contributed by atoms with Crippen LogP contribution in [-0.4, -0.2) is 36.6 Å². The summed E-state index contributed by atoms with van der Waals surface area (Å²) in [6, 6.07) is 12.3. The Kier molecular flexibility index (Phi) is 9.69. The average molecular weight is 459 g/mol. The Bertz CT molecular complexity index is 976. The van der Waals surface area contributed by atoms with E-state index < -0.39 is 11.8 Å². The van der Waals surface area contributed by atoms with Gasteiger partial charge in [0.25, 0.3) is 5.91 Å². The van der Waals surface area contributed by atoms with Crippen LogP contribution in [0.15, 0.2) is 47.6 Å². The number of nitrogens with zero attached hydrogens (tertiary/aromatic N) is 1. The van der Waals surface area contributed by atoms with Crippen LogP contribution in [0.3, 0.4) is 0 Å². The molecule has 0 heterocycles. The van der Waals surface area contributed by atoms with E-state index in [1.807, 2.05) is 31.2 Å². The van der Waals surface area contributed by atoms with Gasteiger partial charge in [0, 0.05) is 11.7 Å². The highest BCUT2D eigenvalue weighted by Gasteiger charge is 2.14. The standard InChI is InChI=1S/C23H27ClN4O4/c1-4-15(3)26-22(30)23(31)28-25-13-17-8-11-20(19(24)12-17)32-14-21(29)27-18-9-6-16(5-2)7-10-18/h6-13,15H,4-5,14H2,1-3H3,(H,26,30)(H,27,29)(H,28,31)/b25-13-/t15-/m0/s1. The zero-order valence-corrected chi connectivity index (χ0v) is 19.0. The first-order valence-corrected chi connectivity index (χ1v) is 10.6. The summed E-state index contributed by atoms with van der Waals surface area (Å²) in [5, 5.41) is 9.32. The van der Waals surface area contributed by atoms with E-state index in [0.29, 0.717) is 23.4 Å². The van der Waals surface area contributed by atoms with Gasteiger partial charge in [0.05, 0.1) is 11.2 Å². The summed E-state index contributed by atoms with van der Waals surface area (Å²) >= 11 is 6.20. The van der Waals surface area contributed by atoms with Gasteiger partial charge < -0.3 is 15.4 Å². The maximum atomic E-state index is 12.1. The van der Waals surface area contributed by atoms with Crippen molar-refractivity contribution in [2.75, 3.05) is 11.9 Å². The highest BCUT2D eigenvalue weighted by molar-refractivity contribution is 6.35. The second kappa shape index (κ2) is 12.5. The molecule has 32 heavy (non-hydrogen) atoms. The quantitative estimate of drug-likeness (QED) is 0.304. The van der Waals surface area contributed by atoms with Crippen molar-refractivity contribution in [3.63, 3.8) is 0 Å². The first-order chi connectivity index (χ1) is 15.3. The number of carbonyl (C=O) groups excluding carboxylic acids is 3. The molecule has 2 rings (SSSR count). The Labute approximate surface area is 192 Å². The first kappa shape index (κ1) is 24.9. The van der Waals surface area contributed by atoms with Gasteiger partial charge in [-0.25, -0.2) is 5.43 Å². The van der Waals surface area contributed by atoms with Crippen LogP contribution in [0.2, 0.25) is 5.02 Å². The van der Waals surface area contributed by atoms with E-state index in [1.165, 1.54) is 11.8 Å². The average Bonchev–Trinajstić information content (AvgIpc) is 2.78. The van der Waals surface area contributed by atoms with E-state index in [0.717, 1.165) is 6.42 Å². The fourth-order valence-electron chi connectivity index (χ4n) is 2.49. The van der Waals surface area contributed by atoms with Crippen LogP contribution in [0.5, 0.6) is 5.75 Å². The number of halogens is 1. The molecule has 8 nitrogen and oxygen atoms in total. The molecule has 0 saturated carbocycles. The molecule has 0 radical (unpaired) electrons. The van der Waals surface area contributed by atoms with Crippen LogP contribution in [0.4, 0.5) is 5.69 Å². The lowest BCUT2D eigenvalue weighted by atomic mass is 10.1. The lowest BCUT2D eigenvalue weighted by molar-refractivity contribution is -0.139. The minimum absolute atomic E-state index is 0.104. The second-order valence-electron chi connectivity index (χ2n) is 7.06. The Morgan fingerprint density at radius 3 is 2.44 bits per heavy atom. The lowest BCUT2D eigenvalue weighted by Crippen LogP contribution is -2.41. The van der Waals surface area contributed by atoms with Crippen molar-refractivity contribution in [1.82, 2.24) is 10.7 Å². The molecule has 0 bridgehead atoms. The first-order valence-electron chi connectivity index (χ1n) is 10.3.